The molecule has 0 aliphatic rings. The lowest BCUT2D eigenvalue weighted by Crippen LogP contribution is -2.13. The second kappa shape index (κ2) is 9.66. The average molecular weight is 459 g/mol. The Morgan fingerprint density at radius 1 is 0.971 bits per heavy atom. The van der Waals surface area contributed by atoms with E-state index in [0.29, 0.717) is 28.9 Å². The van der Waals surface area contributed by atoms with Gasteiger partial charge in [-0.25, -0.2) is 4.98 Å². The molecule has 2 heterocycles. The van der Waals surface area contributed by atoms with Gasteiger partial charge < -0.3 is 19.5 Å². The number of nitrogens with zero attached hydrogens (tertiary/aromatic N) is 3. The van der Waals surface area contributed by atoms with Gasteiger partial charge in [-0.15, -0.1) is 0 Å². The van der Waals surface area contributed by atoms with Gasteiger partial charge in [-0.1, -0.05) is 12.1 Å². The molecule has 1 amide bonds. The number of rotatable bonds is 7. The molecule has 0 saturated heterocycles. The Morgan fingerprint density at radius 3 is 2.50 bits per heavy atom. The van der Waals surface area contributed by atoms with Gasteiger partial charge in [-0.3, -0.25) is 4.79 Å². The van der Waals surface area contributed by atoms with Crippen molar-refractivity contribution in [3.63, 3.8) is 0 Å². The van der Waals surface area contributed by atoms with E-state index in [4.69, 9.17) is 19.2 Å². The molecule has 174 valence electrons. The minimum Gasteiger partial charge on any atom is -0.497 e. The van der Waals surface area contributed by atoms with Crippen LogP contribution in [0.2, 0.25) is 0 Å². The number of hydrogen-bond acceptors (Lipinski definition) is 6. The number of carbonyl (C=O) groups excluding carboxylic acids is 1. The number of para-hydroxylation sites is 1. The predicted molar refractivity (Wildman–Crippen MR) is 132 cm³/mol. The number of benzene rings is 2. The first-order valence-corrected chi connectivity index (χ1v) is 10.7. The van der Waals surface area contributed by atoms with E-state index in [2.05, 4.69) is 10.4 Å². The maximum atomic E-state index is 12.7. The fourth-order valence-corrected chi connectivity index (χ4v) is 3.70. The molecule has 0 radical (unpaired) electrons. The summed E-state index contributed by atoms with van der Waals surface area (Å²) in [4.78, 5) is 17.5. The second-order valence-electron chi connectivity index (χ2n) is 7.67. The Kier molecular flexibility index (Phi) is 6.49. The summed E-state index contributed by atoms with van der Waals surface area (Å²) >= 11 is 0. The molecule has 0 aliphatic carbocycles. The van der Waals surface area contributed by atoms with Gasteiger partial charge in [0.1, 0.15) is 28.6 Å². The number of amides is 1. The zero-order valence-electron chi connectivity index (χ0n) is 19.7. The molecule has 0 saturated carbocycles. The lowest BCUT2D eigenvalue weighted by atomic mass is 10.1. The summed E-state index contributed by atoms with van der Waals surface area (Å²) in [6.07, 6.45) is 3.13. The summed E-state index contributed by atoms with van der Waals surface area (Å²) in [6.45, 7) is 3.87. The van der Waals surface area contributed by atoms with Gasteiger partial charge in [0, 0.05) is 29.2 Å². The van der Waals surface area contributed by atoms with Crippen molar-refractivity contribution in [2.45, 2.75) is 13.8 Å². The van der Waals surface area contributed by atoms with Gasteiger partial charge in [-0.2, -0.15) is 9.78 Å². The van der Waals surface area contributed by atoms with Crippen LogP contribution in [0.15, 0.2) is 54.6 Å². The maximum Gasteiger partial charge on any atom is 0.249 e. The maximum absolute atomic E-state index is 12.7. The fraction of sp³-hybridized carbons (Fsp3) is 0.192. The first-order chi connectivity index (χ1) is 16.4. The van der Waals surface area contributed by atoms with Crippen LogP contribution < -0.4 is 19.5 Å². The lowest BCUT2D eigenvalue weighted by Gasteiger charge is -2.12. The molecule has 8 heteroatoms. The highest BCUT2D eigenvalue weighted by Gasteiger charge is 2.14. The third-order valence-corrected chi connectivity index (χ3v) is 5.37. The largest absolute Gasteiger partial charge is 0.497 e. The normalized spacial score (nSPS) is 11.1. The number of methoxy groups -OCH3 is 3. The minimum absolute atomic E-state index is 0.311. The first-order valence-electron chi connectivity index (χ1n) is 10.7. The van der Waals surface area contributed by atoms with Gasteiger partial charge in [0.25, 0.3) is 0 Å². The molecule has 0 atom stereocenters. The number of anilines is 1. The van der Waals surface area contributed by atoms with Crippen LogP contribution in [0.1, 0.15) is 16.8 Å². The Balaban J connectivity index is 1.64. The van der Waals surface area contributed by atoms with Crippen LogP contribution in [0.4, 0.5) is 5.82 Å². The van der Waals surface area contributed by atoms with Crippen molar-refractivity contribution < 1.29 is 19.0 Å². The highest BCUT2D eigenvalue weighted by atomic mass is 16.5. The monoisotopic (exact) mass is 458 g/mol. The predicted octanol–water partition coefficient (Wildman–Crippen LogP) is 4.72. The number of hydrogen-bond donors (Lipinski definition) is 1. The van der Waals surface area contributed by atoms with Gasteiger partial charge in [0.05, 0.1) is 27.0 Å². The highest BCUT2D eigenvalue weighted by molar-refractivity contribution is 6.02. The summed E-state index contributed by atoms with van der Waals surface area (Å²) < 4.78 is 17.7. The molecule has 0 aliphatic heterocycles. The van der Waals surface area contributed by atoms with Crippen molar-refractivity contribution in [2.24, 2.45) is 0 Å². The summed E-state index contributed by atoms with van der Waals surface area (Å²) in [5.74, 6) is 2.73. The van der Waals surface area contributed by atoms with Crippen molar-refractivity contribution >= 4 is 28.7 Å². The van der Waals surface area contributed by atoms with Gasteiger partial charge in [0.15, 0.2) is 5.82 Å². The molecule has 4 aromatic rings. The van der Waals surface area contributed by atoms with Gasteiger partial charge >= 0.3 is 0 Å². The molecular formula is C26H26N4O4. The standard InChI is InChI=1S/C26H26N4O4/c1-16-13-23(28-26-20(16)7-6-8-21(26)33-4)30-24(14-17(2)29-30)27-25(31)12-10-18-9-11-19(32-3)15-22(18)34-5/h6-15H,1-5H3,(H,27,31)/b12-10+. The van der Waals surface area contributed by atoms with Crippen LogP contribution in [-0.4, -0.2) is 42.0 Å². The van der Waals surface area contributed by atoms with E-state index >= 15 is 0 Å². The number of carbonyl (C=O) groups is 1. The van der Waals surface area contributed by atoms with Gasteiger partial charge in [-0.05, 0) is 49.8 Å². The van der Waals surface area contributed by atoms with Gasteiger partial charge in [0.2, 0.25) is 5.91 Å². The summed E-state index contributed by atoms with van der Waals surface area (Å²) in [5, 5.41) is 8.43. The van der Waals surface area contributed by atoms with Crippen molar-refractivity contribution in [3.8, 4) is 23.1 Å². The third-order valence-electron chi connectivity index (χ3n) is 5.37. The van der Waals surface area contributed by atoms with Crippen LogP contribution >= 0.6 is 0 Å². The number of pyridine rings is 1. The van der Waals surface area contributed by atoms with E-state index in [1.165, 1.54) is 6.08 Å². The summed E-state index contributed by atoms with van der Waals surface area (Å²) in [6, 6.07) is 14.9. The van der Waals surface area contributed by atoms with Crippen molar-refractivity contribution in [1.29, 1.82) is 0 Å². The topological polar surface area (TPSA) is 87.5 Å². The number of ether oxygens (including phenoxy) is 3. The van der Waals surface area contributed by atoms with E-state index in [1.54, 1.807) is 50.3 Å². The van der Waals surface area contributed by atoms with Crippen LogP contribution in [0.3, 0.4) is 0 Å². The van der Waals surface area contributed by atoms with E-state index < -0.39 is 0 Å². The SMILES string of the molecule is COc1ccc(/C=C/C(=O)Nc2cc(C)nn2-c2cc(C)c3cccc(OC)c3n2)c(OC)c1. The number of aryl methyl sites for hydroxylation is 2. The molecule has 4 rings (SSSR count). The molecule has 0 spiro atoms. The Bertz CT molecular complexity index is 1390. The molecule has 1 N–H and O–H groups in total. The van der Waals surface area contributed by atoms with E-state index in [1.807, 2.05) is 44.2 Å². The molecule has 2 aromatic heterocycles. The van der Waals surface area contributed by atoms with E-state index in [0.717, 1.165) is 27.7 Å². The molecule has 8 nitrogen and oxygen atoms in total. The minimum atomic E-state index is -0.311. The molecule has 34 heavy (non-hydrogen) atoms. The smallest absolute Gasteiger partial charge is 0.249 e. The summed E-state index contributed by atoms with van der Waals surface area (Å²) in [5.41, 5.74) is 3.26. The quantitative estimate of drug-likeness (QED) is 0.404. The Morgan fingerprint density at radius 2 is 1.76 bits per heavy atom. The highest BCUT2D eigenvalue weighted by Crippen LogP contribution is 2.29. The summed E-state index contributed by atoms with van der Waals surface area (Å²) in [7, 11) is 4.78. The molecular weight excluding hydrogens is 432 g/mol. The fourth-order valence-electron chi connectivity index (χ4n) is 3.70. The Hall–Kier alpha value is -4.33. The van der Waals surface area contributed by atoms with Crippen LogP contribution in [-0.2, 0) is 4.79 Å². The number of aromatic nitrogens is 3. The third kappa shape index (κ3) is 4.56. The van der Waals surface area contributed by atoms with E-state index in [-0.39, 0.29) is 5.91 Å². The molecule has 0 fully saturated rings. The van der Waals surface area contributed by atoms with Crippen molar-refractivity contribution in [3.05, 3.63) is 71.4 Å². The van der Waals surface area contributed by atoms with Crippen LogP contribution in [0.5, 0.6) is 17.2 Å². The Labute approximate surface area is 197 Å². The molecule has 0 bridgehead atoms. The zero-order chi connectivity index (χ0) is 24.2. The first kappa shape index (κ1) is 22.8. The lowest BCUT2D eigenvalue weighted by molar-refractivity contribution is -0.111. The number of fused-ring (bicyclic) bond motifs is 1. The molecule has 0 unspecified atom stereocenters. The molecule has 2 aromatic carbocycles. The van der Waals surface area contributed by atoms with Crippen LogP contribution in [0.25, 0.3) is 22.8 Å². The number of nitrogens with one attached hydrogen (secondary N) is 1. The van der Waals surface area contributed by atoms with E-state index in [9.17, 15) is 4.79 Å². The second-order valence-corrected chi connectivity index (χ2v) is 7.67. The van der Waals surface area contributed by atoms with Crippen molar-refractivity contribution in [2.75, 3.05) is 26.6 Å². The van der Waals surface area contributed by atoms with Crippen molar-refractivity contribution in [1.82, 2.24) is 14.8 Å². The average Bonchev–Trinajstić information content (AvgIpc) is 3.21. The van der Waals surface area contributed by atoms with Crippen LogP contribution in [0, 0.1) is 13.8 Å². The zero-order valence-corrected chi connectivity index (χ0v) is 19.7.